The summed E-state index contributed by atoms with van der Waals surface area (Å²) in [5.74, 6) is -0.796. The van der Waals surface area contributed by atoms with E-state index in [0.29, 0.717) is 17.1 Å². The number of nitrogens with one attached hydrogen (secondary N) is 3. The summed E-state index contributed by atoms with van der Waals surface area (Å²) in [5.41, 5.74) is 6.35. The Bertz CT molecular complexity index is 1010. The highest BCUT2D eigenvalue weighted by Crippen LogP contribution is 2.31. The van der Waals surface area contributed by atoms with Gasteiger partial charge in [0.15, 0.2) is 6.61 Å². The first kappa shape index (κ1) is 16.6. The van der Waals surface area contributed by atoms with E-state index < -0.39 is 11.8 Å². The second-order valence-electron chi connectivity index (χ2n) is 6.01. The van der Waals surface area contributed by atoms with Crippen LogP contribution in [-0.4, -0.2) is 35.9 Å². The molecule has 1 aromatic heterocycles. The van der Waals surface area contributed by atoms with Crippen LogP contribution in [0.5, 0.6) is 5.75 Å². The lowest BCUT2D eigenvalue weighted by molar-refractivity contribution is -0.125. The van der Waals surface area contributed by atoms with E-state index in [4.69, 9.17) is 4.74 Å². The predicted molar refractivity (Wildman–Crippen MR) is 98.2 cm³/mol. The van der Waals surface area contributed by atoms with Crippen molar-refractivity contribution in [3.8, 4) is 5.75 Å². The molecule has 2 aromatic carbocycles. The van der Waals surface area contributed by atoms with Crippen LogP contribution in [0.15, 0.2) is 54.6 Å². The van der Waals surface area contributed by atoms with Gasteiger partial charge >= 0.3 is 0 Å². The van der Waals surface area contributed by atoms with Gasteiger partial charge in [0, 0.05) is 10.9 Å². The third kappa shape index (κ3) is 3.32. The Kier molecular flexibility index (Phi) is 4.21. The molecule has 0 saturated carbocycles. The smallest absolute Gasteiger partial charge is 0.286 e. The molecule has 0 spiro atoms. The molecule has 0 fully saturated rings. The van der Waals surface area contributed by atoms with E-state index in [9.17, 15) is 14.4 Å². The number of hydrogen-bond donors (Lipinski definition) is 3. The molecule has 8 heteroatoms. The number of ether oxygens (including phenoxy) is 1. The summed E-state index contributed by atoms with van der Waals surface area (Å²) in [4.78, 5) is 40.8. The Labute approximate surface area is 154 Å². The lowest BCUT2D eigenvalue weighted by atomic mass is 10.2. The van der Waals surface area contributed by atoms with Crippen molar-refractivity contribution in [3.05, 3.63) is 60.3 Å². The van der Waals surface area contributed by atoms with Gasteiger partial charge in [-0.1, -0.05) is 30.3 Å². The number of aromatic nitrogens is 1. The van der Waals surface area contributed by atoms with E-state index >= 15 is 0 Å². The van der Waals surface area contributed by atoms with Gasteiger partial charge in [-0.3, -0.25) is 30.1 Å². The number of hydrogen-bond acceptors (Lipinski definition) is 4. The Balaban J connectivity index is 1.40. The van der Waals surface area contributed by atoms with Crippen LogP contribution < -0.4 is 20.5 Å². The van der Waals surface area contributed by atoms with Crippen molar-refractivity contribution in [2.75, 3.05) is 18.1 Å². The monoisotopic (exact) mass is 364 g/mol. The fourth-order valence-electron chi connectivity index (χ4n) is 2.90. The van der Waals surface area contributed by atoms with Crippen LogP contribution in [0.2, 0.25) is 0 Å². The van der Waals surface area contributed by atoms with Crippen molar-refractivity contribution in [2.24, 2.45) is 0 Å². The maximum atomic E-state index is 12.2. The second-order valence-corrected chi connectivity index (χ2v) is 6.01. The molecule has 3 aromatic rings. The van der Waals surface area contributed by atoms with Crippen molar-refractivity contribution >= 4 is 34.3 Å². The van der Waals surface area contributed by atoms with Gasteiger partial charge in [-0.15, -0.1) is 0 Å². The molecule has 0 saturated heterocycles. The van der Waals surface area contributed by atoms with Crippen molar-refractivity contribution in [1.29, 1.82) is 0 Å². The number of aromatic amines is 1. The summed E-state index contributed by atoms with van der Waals surface area (Å²) < 4.78 is 5.34. The van der Waals surface area contributed by atoms with Crippen LogP contribution in [-0.2, 0) is 9.59 Å². The number of H-pyrrole nitrogens is 1. The number of nitrogens with zero attached hydrogens (tertiary/aromatic N) is 1. The van der Waals surface area contributed by atoms with Gasteiger partial charge in [0.2, 0.25) is 0 Å². The molecule has 0 radical (unpaired) electrons. The summed E-state index contributed by atoms with van der Waals surface area (Å²) in [6.45, 7) is -0.363. The van der Waals surface area contributed by atoms with Crippen molar-refractivity contribution in [1.82, 2.24) is 15.8 Å². The van der Waals surface area contributed by atoms with E-state index in [0.717, 1.165) is 10.9 Å². The molecule has 27 heavy (non-hydrogen) atoms. The molecule has 3 N–H and O–H groups in total. The molecule has 1 aliphatic heterocycles. The van der Waals surface area contributed by atoms with Crippen LogP contribution in [0.4, 0.5) is 5.69 Å². The first-order chi connectivity index (χ1) is 13.1. The van der Waals surface area contributed by atoms with Crippen LogP contribution in [0.1, 0.15) is 10.5 Å². The molecule has 0 unspecified atom stereocenters. The van der Waals surface area contributed by atoms with E-state index in [-0.39, 0.29) is 19.1 Å². The van der Waals surface area contributed by atoms with Crippen LogP contribution >= 0.6 is 0 Å². The van der Waals surface area contributed by atoms with Gasteiger partial charge in [0.1, 0.15) is 18.0 Å². The zero-order valence-electron chi connectivity index (χ0n) is 14.2. The fourth-order valence-corrected chi connectivity index (χ4v) is 2.90. The van der Waals surface area contributed by atoms with Crippen LogP contribution in [0, 0.1) is 0 Å². The molecular formula is C19H16N4O4. The van der Waals surface area contributed by atoms with E-state index in [1.54, 1.807) is 30.3 Å². The summed E-state index contributed by atoms with van der Waals surface area (Å²) in [6.07, 6.45) is 0. The Morgan fingerprint density at radius 1 is 1.07 bits per heavy atom. The van der Waals surface area contributed by atoms with Crippen molar-refractivity contribution < 1.29 is 19.1 Å². The largest absolute Gasteiger partial charge is 0.482 e. The highest BCUT2D eigenvalue weighted by molar-refractivity contribution is 6.03. The zero-order valence-corrected chi connectivity index (χ0v) is 14.2. The number of carbonyl (C=O) groups is 3. The molecule has 1 aliphatic rings. The van der Waals surface area contributed by atoms with E-state index in [1.807, 2.05) is 24.3 Å². The third-order valence-electron chi connectivity index (χ3n) is 4.20. The number of carbonyl (C=O) groups excluding carboxylic acids is 3. The number of rotatable bonds is 3. The summed E-state index contributed by atoms with van der Waals surface area (Å²) in [5, 5.41) is 0.893. The molecule has 136 valence electrons. The Morgan fingerprint density at radius 2 is 1.85 bits per heavy atom. The quantitative estimate of drug-likeness (QED) is 0.611. The topological polar surface area (TPSA) is 104 Å². The molecular weight excluding hydrogens is 348 g/mol. The average Bonchev–Trinajstić information content (AvgIpc) is 3.13. The minimum absolute atomic E-state index is 0.133. The average molecular weight is 364 g/mol. The predicted octanol–water partition coefficient (Wildman–Crippen LogP) is 1.35. The number of amides is 3. The Hall–Kier alpha value is -3.81. The molecule has 3 amide bonds. The molecule has 4 rings (SSSR count). The number of benzene rings is 2. The van der Waals surface area contributed by atoms with Crippen molar-refractivity contribution in [2.45, 2.75) is 0 Å². The van der Waals surface area contributed by atoms with Gasteiger partial charge in [0.25, 0.3) is 17.7 Å². The number of fused-ring (bicyclic) bond motifs is 2. The number of para-hydroxylation sites is 3. The lowest BCUT2D eigenvalue weighted by Gasteiger charge is -2.28. The van der Waals surface area contributed by atoms with Gasteiger partial charge < -0.3 is 9.72 Å². The van der Waals surface area contributed by atoms with Gasteiger partial charge in [-0.25, -0.2) is 0 Å². The summed E-state index contributed by atoms with van der Waals surface area (Å²) in [7, 11) is 0. The minimum Gasteiger partial charge on any atom is -0.482 e. The number of hydrazine groups is 1. The summed E-state index contributed by atoms with van der Waals surface area (Å²) >= 11 is 0. The lowest BCUT2D eigenvalue weighted by Crippen LogP contribution is -2.49. The standard InChI is InChI=1S/C19H16N4O4/c24-17(10-23-15-7-3-4-8-16(15)27-11-18(23)25)21-22-19(26)14-9-12-5-1-2-6-13(12)20-14/h1-9,20H,10-11H2,(H,21,24)(H,22,26). The molecule has 2 heterocycles. The summed E-state index contributed by atoms with van der Waals surface area (Å²) in [6, 6.07) is 16.1. The Morgan fingerprint density at radius 3 is 2.70 bits per heavy atom. The molecule has 0 bridgehead atoms. The highest BCUT2D eigenvalue weighted by atomic mass is 16.5. The highest BCUT2D eigenvalue weighted by Gasteiger charge is 2.27. The van der Waals surface area contributed by atoms with E-state index in [2.05, 4.69) is 15.8 Å². The maximum Gasteiger partial charge on any atom is 0.286 e. The van der Waals surface area contributed by atoms with Gasteiger partial charge in [-0.05, 0) is 24.3 Å². The maximum absolute atomic E-state index is 12.2. The van der Waals surface area contributed by atoms with Crippen molar-refractivity contribution in [3.63, 3.8) is 0 Å². The van der Waals surface area contributed by atoms with Crippen LogP contribution in [0.25, 0.3) is 10.9 Å². The van der Waals surface area contributed by atoms with E-state index in [1.165, 1.54) is 4.90 Å². The molecule has 0 aliphatic carbocycles. The normalized spacial score (nSPS) is 13.0. The SMILES string of the molecule is O=C(CN1C(=O)COc2ccccc21)NNC(=O)c1cc2ccccc2[nH]1. The van der Waals surface area contributed by atoms with Crippen LogP contribution in [0.3, 0.4) is 0 Å². The minimum atomic E-state index is -0.524. The number of anilines is 1. The second kappa shape index (κ2) is 6.83. The first-order valence-electron chi connectivity index (χ1n) is 8.31. The first-order valence-corrected chi connectivity index (χ1v) is 8.31. The zero-order chi connectivity index (χ0) is 18.8. The molecule has 0 atom stereocenters. The van der Waals surface area contributed by atoms with Gasteiger partial charge in [-0.2, -0.15) is 0 Å². The third-order valence-corrected chi connectivity index (χ3v) is 4.20. The molecule has 8 nitrogen and oxygen atoms in total. The van der Waals surface area contributed by atoms with Gasteiger partial charge in [0.05, 0.1) is 5.69 Å². The fraction of sp³-hybridized carbons (Fsp3) is 0.105.